The Kier molecular flexibility index (Phi) is 5.69. The predicted molar refractivity (Wildman–Crippen MR) is 109 cm³/mol. The Morgan fingerprint density at radius 1 is 1.00 bits per heavy atom. The van der Waals surface area contributed by atoms with Crippen LogP contribution in [-0.2, 0) is 4.79 Å². The summed E-state index contributed by atoms with van der Waals surface area (Å²) in [4.78, 5) is 33.1. The molecule has 1 unspecified atom stereocenters. The summed E-state index contributed by atoms with van der Waals surface area (Å²) in [7, 11) is 2.13. The lowest BCUT2D eigenvalue weighted by molar-refractivity contribution is -0.145. The number of rotatable bonds is 3. The van der Waals surface area contributed by atoms with Crippen molar-refractivity contribution in [3.8, 4) is 0 Å². The molecule has 3 aliphatic rings. The maximum absolute atomic E-state index is 13.7. The first-order valence-corrected chi connectivity index (χ1v) is 10.7. The number of likely N-dealkylation sites (N-methyl/N-ethyl adjacent to an activating group) is 1. The van der Waals surface area contributed by atoms with Gasteiger partial charge in [0, 0.05) is 37.8 Å². The number of fused-ring (bicyclic) bond motifs is 1. The van der Waals surface area contributed by atoms with Gasteiger partial charge in [-0.3, -0.25) is 14.5 Å². The maximum Gasteiger partial charge on any atom is 0.251 e. The van der Waals surface area contributed by atoms with Crippen molar-refractivity contribution in [3.05, 3.63) is 35.9 Å². The van der Waals surface area contributed by atoms with Crippen molar-refractivity contribution >= 4 is 11.8 Å². The Labute approximate surface area is 167 Å². The molecule has 3 saturated heterocycles. The minimum absolute atomic E-state index is 0.0319. The van der Waals surface area contributed by atoms with Crippen LogP contribution in [-0.4, -0.2) is 84.4 Å². The molecule has 0 bridgehead atoms. The van der Waals surface area contributed by atoms with Crippen LogP contribution in [0.1, 0.15) is 42.5 Å². The molecule has 1 aromatic carbocycles. The highest BCUT2D eigenvalue weighted by Crippen LogP contribution is 2.39. The summed E-state index contributed by atoms with van der Waals surface area (Å²) in [5, 5.41) is 3.19. The molecule has 6 nitrogen and oxygen atoms in total. The number of nitrogens with zero attached hydrogens (tertiary/aromatic N) is 3. The molecular weight excluding hydrogens is 352 g/mol. The second-order valence-corrected chi connectivity index (χ2v) is 8.62. The molecule has 6 heteroatoms. The minimum Gasteiger partial charge on any atom is -0.348 e. The minimum atomic E-state index is -0.421. The molecule has 0 aliphatic carbocycles. The summed E-state index contributed by atoms with van der Waals surface area (Å²) in [5.74, 6) is 0.253. The van der Waals surface area contributed by atoms with Crippen LogP contribution in [0.15, 0.2) is 30.3 Å². The topological polar surface area (TPSA) is 55.9 Å². The Bertz CT molecular complexity index is 710. The van der Waals surface area contributed by atoms with E-state index in [2.05, 4.69) is 27.1 Å². The Morgan fingerprint density at radius 2 is 1.82 bits per heavy atom. The molecule has 2 atom stereocenters. The summed E-state index contributed by atoms with van der Waals surface area (Å²) in [6.07, 6.45) is 4.91. The van der Waals surface area contributed by atoms with Gasteiger partial charge in [-0.05, 0) is 64.4 Å². The zero-order valence-corrected chi connectivity index (χ0v) is 16.9. The fourth-order valence-corrected chi connectivity index (χ4v) is 5.16. The summed E-state index contributed by atoms with van der Waals surface area (Å²) < 4.78 is 0. The number of hydrogen-bond donors (Lipinski definition) is 1. The number of carbonyl (C=O) groups is 2. The van der Waals surface area contributed by atoms with Crippen LogP contribution in [0, 0.1) is 0 Å². The SMILES string of the molecule is CN1CCCN(C(=O)[C@@]23CCCCN2CC(NC(=O)c2ccccc2)C3)CC1. The molecule has 152 valence electrons. The zero-order valence-electron chi connectivity index (χ0n) is 16.9. The van der Waals surface area contributed by atoms with Gasteiger partial charge in [-0.2, -0.15) is 0 Å². The molecule has 2 amide bonds. The van der Waals surface area contributed by atoms with Gasteiger partial charge in [0.1, 0.15) is 5.54 Å². The van der Waals surface area contributed by atoms with Crippen molar-refractivity contribution in [1.29, 1.82) is 0 Å². The molecule has 0 spiro atoms. The number of nitrogens with one attached hydrogen (secondary N) is 1. The fraction of sp³-hybridized carbons (Fsp3) is 0.636. The Morgan fingerprint density at radius 3 is 2.64 bits per heavy atom. The van der Waals surface area contributed by atoms with E-state index in [1.54, 1.807) is 0 Å². The van der Waals surface area contributed by atoms with Gasteiger partial charge in [0.05, 0.1) is 0 Å². The van der Waals surface area contributed by atoms with Gasteiger partial charge in [0.25, 0.3) is 5.91 Å². The third-order valence-corrected chi connectivity index (χ3v) is 6.67. The van der Waals surface area contributed by atoms with E-state index in [9.17, 15) is 9.59 Å². The number of piperidine rings is 1. The standard InChI is InChI=1S/C22H32N4O2/c1-24-11-7-12-25(15-14-24)21(28)22-10-5-6-13-26(22)17-19(16-22)23-20(27)18-8-3-2-4-9-18/h2-4,8-9,19H,5-7,10-17H2,1H3,(H,23,27)/t19?,22-/m0/s1. The third-order valence-electron chi connectivity index (χ3n) is 6.67. The molecule has 3 fully saturated rings. The van der Waals surface area contributed by atoms with Gasteiger partial charge in [0.2, 0.25) is 5.91 Å². The van der Waals surface area contributed by atoms with Crippen molar-refractivity contribution in [3.63, 3.8) is 0 Å². The first-order chi connectivity index (χ1) is 13.6. The molecule has 0 radical (unpaired) electrons. The monoisotopic (exact) mass is 384 g/mol. The van der Waals surface area contributed by atoms with Gasteiger partial charge in [-0.15, -0.1) is 0 Å². The highest BCUT2D eigenvalue weighted by Gasteiger charge is 2.53. The van der Waals surface area contributed by atoms with E-state index in [0.29, 0.717) is 11.5 Å². The Balaban J connectivity index is 1.48. The third kappa shape index (κ3) is 3.80. The van der Waals surface area contributed by atoms with Crippen LogP contribution in [0.25, 0.3) is 0 Å². The molecule has 1 N–H and O–H groups in total. The first-order valence-electron chi connectivity index (χ1n) is 10.7. The fourth-order valence-electron chi connectivity index (χ4n) is 5.16. The lowest BCUT2D eigenvalue weighted by Gasteiger charge is -2.43. The number of carbonyl (C=O) groups excluding carboxylic acids is 2. The van der Waals surface area contributed by atoms with Crippen molar-refractivity contribution < 1.29 is 9.59 Å². The van der Waals surface area contributed by atoms with E-state index in [4.69, 9.17) is 0 Å². The second-order valence-electron chi connectivity index (χ2n) is 8.62. The van der Waals surface area contributed by atoms with Crippen LogP contribution < -0.4 is 5.32 Å². The molecule has 28 heavy (non-hydrogen) atoms. The van der Waals surface area contributed by atoms with Crippen LogP contribution in [0.2, 0.25) is 0 Å². The number of hydrogen-bond acceptors (Lipinski definition) is 4. The summed E-state index contributed by atoms with van der Waals surface area (Å²) in [5.41, 5.74) is 0.263. The highest BCUT2D eigenvalue weighted by molar-refractivity contribution is 5.94. The van der Waals surface area contributed by atoms with Gasteiger partial charge in [-0.25, -0.2) is 0 Å². The lowest BCUT2D eigenvalue weighted by atomic mass is 9.84. The summed E-state index contributed by atoms with van der Waals surface area (Å²) in [6, 6.07) is 9.39. The quantitative estimate of drug-likeness (QED) is 0.860. The Hall–Kier alpha value is -1.92. The molecule has 4 rings (SSSR count). The van der Waals surface area contributed by atoms with Crippen molar-refractivity contribution in [2.45, 2.75) is 43.7 Å². The zero-order chi connectivity index (χ0) is 19.6. The number of amides is 2. The van der Waals surface area contributed by atoms with E-state index >= 15 is 0 Å². The molecule has 3 heterocycles. The molecule has 0 saturated carbocycles. The van der Waals surface area contributed by atoms with Crippen LogP contribution >= 0.6 is 0 Å². The maximum atomic E-state index is 13.7. The second kappa shape index (κ2) is 8.21. The van der Waals surface area contributed by atoms with Gasteiger partial charge in [0.15, 0.2) is 0 Å². The molecule has 0 aromatic heterocycles. The number of benzene rings is 1. The van der Waals surface area contributed by atoms with E-state index in [0.717, 1.165) is 71.4 Å². The predicted octanol–water partition coefficient (Wildman–Crippen LogP) is 1.58. The summed E-state index contributed by atoms with van der Waals surface area (Å²) >= 11 is 0. The summed E-state index contributed by atoms with van der Waals surface area (Å²) in [6.45, 7) is 5.38. The normalized spacial score (nSPS) is 29.2. The largest absolute Gasteiger partial charge is 0.348 e. The average Bonchev–Trinajstić information content (AvgIpc) is 2.95. The highest BCUT2D eigenvalue weighted by atomic mass is 16.2. The van der Waals surface area contributed by atoms with Gasteiger partial charge >= 0.3 is 0 Å². The van der Waals surface area contributed by atoms with Crippen LogP contribution in [0.4, 0.5) is 0 Å². The molecular formula is C22H32N4O2. The van der Waals surface area contributed by atoms with E-state index < -0.39 is 5.54 Å². The van der Waals surface area contributed by atoms with E-state index in [-0.39, 0.29) is 11.9 Å². The van der Waals surface area contributed by atoms with Crippen molar-refractivity contribution in [2.24, 2.45) is 0 Å². The van der Waals surface area contributed by atoms with Crippen LogP contribution in [0.3, 0.4) is 0 Å². The van der Waals surface area contributed by atoms with Gasteiger partial charge < -0.3 is 15.1 Å². The van der Waals surface area contributed by atoms with E-state index in [1.165, 1.54) is 0 Å². The molecule has 1 aromatic rings. The molecule has 3 aliphatic heterocycles. The first kappa shape index (κ1) is 19.4. The average molecular weight is 385 g/mol. The smallest absolute Gasteiger partial charge is 0.251 e. The lowest BCUT2D eigenvalue weighted by Crippen LogP contribution is -2.59. The van der Waals surface area contributed by atoms with Crippen LogP contribution in [0.5, 0.6) is 0 Å². The van der Waals surface area contributed by atoms with Crippen molar-refractivity contribution in [1.82, 2.24) is 20.0 Å². The van der Waals surface area contributed by atoms with Gasteiger partial charge in [-0.1, -0.05) is 18.2 Å². The van der Waals surface area contributed by atoms with Crippen molar-refractivity contribution in [2.75, 3.05) is 46.3 Å². The van der Waals surface area contributed by atoms with E-state index in [1.807, 2.05) is 30.3 Å².